The lowest BCUT2D eigenvalue weighted by molar-refractivity contribution is -0.114. The SMILES string of the molecule is CC(=O)Nc1ccccc1-n1ccc(C(=O)O)n1. The Labute approximate surface area is 103 Å². The molecule has 2 aromatic rings. The van der Waals surface area contributed by atoms with Crippen molar-refractivity contribution in [3.8, 4) is 5.69 Å². The van der Waals surface area contributed by atoms with Crippen molar-refractivity contribution in [2.75, 3.05) is 5.32 Å². The van der Waals surface area contributed by atoms with Crippen molar-refractivity contribution >= 4 is 17.6 Å². The molecule has 1 heterocycles. The fourth-order valence-corrected chi connectivity index (χ4v) is 1.54. The van der Waals surface area contributed by atoms with E-state index in [4.69, 9.17) is 5.11 Å². The number of aromatic nitrogens is 2. The number of benzene rings is 1. The summed E-state index contributed by atoms with van der Waals surface area (Å²) in [6, 6.07) is 8.41. The molecule has 1 aromatic carbocycles. The van der Waals surface area contributed by atoms with Gasteiger partial charge in [0.25, 0.3) is 0 Å². The first-order chi connectivity index (χ1) is 8.58. The molecule has 6 nitrogen and oxygen atoms in total. The summed E-state index contributed by atoms with van der Waals surface area (Å²) in [5.74, 6) is -1.29. The molecule has 18 heavy (non-hydrogen) atoms. The number of hydrogen-bond acceptors (Lipinski definition) is 3. The Morgan fingerprint density at radius 1 is 1.28 bits per heavy atom. The fraction of sp³-hybridized carbons (Fsp3) is 0.0833. The lowest BCUT2D eigenvalue weighted by Gasteiger charge is -2.09. The van der Waals surface area contributed by atoms with Gasteiger partial charge in [0.05, 0.1) is 11.4 Å². The highest BCUT2D eigenvalue weighted by molar-refractivity contribution is 5.91. The van der Waals surface area contributed by atoms with Crippen LogP contribution in [0, 0.1) is 0 Å². The molecule has 0 saturated heterocycles. The van der Waals surface area contributed by atoms with Crippen LogP contribution in [-0.4, -0.2) is 26.8 Å². The summed E-state index contributed by atoms with van der Waals surface area (Å²) in [4.78, 5) is 21.8. The summed E-state index contributed by atoms with van der Waals surface area (Å²) >= 11 is 0. The quantitative estimate of drug-likeness (QED) is 0.858. The van der Waals surface area contributed by atoms with Gasteiger partial charge in [0.2, 0.25) is 5.91 Å². The van der Waals surface area contributed by atoms with Crippen LogP contribution in [-0.2, 0) is 4.79 Å². The second-order valence-electron chi connectivity index (χ2n) is 3.65. The number of carboxylic acid groups (broad SMARTS) is 1. The van der Waals surface area contributed by atoms with Crippen molar-refractivity contribution in [1.82, 2.24) is 9.78 Å². The maximum Gasteiger partial charge on any atom is 0.356 e. The highest BCUT2D eigenvalue weighted by Gasteiger charge is 2.10. The third-order valence-corrected chi connectivity index (χ3v) is 2.27. The number of nitrogens with zero attached hydrogens (tertiary/aromatic N) is 2. The molecule has 2 rings (SSSR count). The van der Waals surface area contributed by atoms with E-state index in [9.17, 15) is 9.59 Å². The van der Waals surface area contributed by atoms with Crippen LogP contribution < -0.4 is 5.32 Å². The average Bonchev–Trinajstić information content (AvgIpc) is 2.78. The van der Waals surface area contributed by atoms with Crippen LogP contribution in [0.3, 0.4) is 0 Å². The molecule has 92 valence electrons. The Kier molecular flexibility index (Phi) is 3.09. The van der Waals surface area contributed by atoms with Crippen LogP contribution in [0.25, 0.3) is 5.69 Å². The van der Waals surface area contributed by atoms with Gasteiger partial charge in [-0.05, 0) is 18.2 Å². The normalized spacial score (nSPS) is 10.1. The number of amides is 1. The third kappa shape index (κ3) is 2.37. The monoisotopic (exact) mass is 245 g/mol. The van der Waals surface area contributed by atoms with Crippen LogP contribution in [0.4, 0.5) is 5.69 Å². The van der Waals surface area contributed by atoms with Gasteiger partial charge in [0, 0.05) is 13.1 Å². The van der Waals surface area contributed by atoms with Gasteiger partial charge in [-0.3, -0.25) is 4.79 Å². The minimum atomic E-state index is -1.09. The second-order valence-corrected chi connectivity index (χ2v) is 3.65. The highest BCUT2D eigenvalue weighted by atomic mass is 16.4. The van der Waals surface area contributed by atoms with Gasteiger partial charge < -0.3 is 10.4 Å². The molecule has 0 atom stereocenters. The zero-order valence-electron chi connectivity index (χ0n) is 9.62. The van der Waals surface area contributed by atoms with E-state index in [2.05, 4.69) is 10.4 Å². The molecule has 6 heteroatoms. The molecule has 0 aliphatic heterocycles. The number of carbonyl (C=O) groups is 2. The maximum atomic E-state index is 11.1. The Balaban J connectivity index is 2.42. The number of rotatable bonds is 3. The highest BCUT2D eigenvalue weighted by Crippen LogP contribution is 2.19. The van der Waals surface area contributed by atoms with Crippen molar-refractivity contribution in [2.45, 2.75) is 6.92 Å². The van der Waals surface area contributed by atoms with Gasteiger partial charge in [-0.2, -0.15) is 5.10 Å². The van der Waals surface area contributed by atoms with Crippen LogP contribution in [0.2, 0.25) is 0 Å². The summed E-state index contributed by atoms with van der Waals surface area (Å²) in [5, 5.41) is 15.4. The predicted octanol–water partition coefficient (Wildman–Crippen LogP) is 1.53. The summed E-state index contributed by atoms with van der Waals surface area (Å²) < 4.78 is 1.41. The van der Waals surface area contributed by atoms with Gasteiger partial charge in [0.1, 0.15) is 0 Å². The van der Waals surface area contributed by atoms with Crippen molar-refractivity contribution in [2.24, 2.45) is 0 Å². The van der Waals surface area contributed by atoms with E-state index in [1.165, 1.54) is 23.9 Å². The molecule has 0 aliphatic rings. The first kappa shape index (κ1) is 11.8. The van der Waals surface area contributed by atoms with E-state index in [1.54, 1.807) is 24.3 Å². The zero-order chi connectivity index (χ0) is 13.1. The minimum Gasteiger partial charge on any atom is -0.476 e. The summed E-state index contributed by atoms with van der Waals surface area (Å²) in [6.45, 7) is 1.41. The average molecular weight is 245 g/mol. The molecule has 2 N–H and O–H groups in total. The van der Waals surface area contributed by atoms with Crippen LogP contribution >= 0.6 is 0 Å². The number of anilines is 1. The Bertz CT molecular complexity index is 604. The number of nitrogens with one attached hydrogen (secondary N) is 1. The largest absolute Gasteiger partial charge is 0.476 e. The van der Waals surface area contributed by atoms with E-state index < -0.39 is 5.97 Å². The minimum absolute atomic E-state index is 0.0485. The van der Waals surface area contributed by atoms with E-state index in [-0.39, 0.29) is 11.6 Å². The lowest BCUT2D eigenvalue weighted by Crippen LogP contribution is -2.10. The molecule has 0 bridgehead atoms. The molecular weight excluding hydrogens is 234 g/mol. The van der Waals surface area contributed by atoms with E-state index >= 15 is 0 Å². The van der Waals surface area contributed by atoms with E-state index in [1.807, 2.05) is 0 Å². The van der Waals surface area contributed by atoms with Gasteiger partial charge in [-0.15, -0.1) is 0 Å². The maximum absolute atomic E-state index is 11.1. The van der Waals surface area contributed by atoms with E-state index in [0.29, 0.717) is 11.4 Å². The van der Waals surface area contributed by atoms with Crippen molar-refractivity contribution in [1.29, 1.82) is 0 Å². The Hall–Kier alpha value is -2.63. The molecule has 0 aliphatic carbocycles. The molecule has 1 aromatic heterocycles. The molecule has 0 spiro atoms. The van der Waals surface area contributed by atoms with Gasteiger partial charge in [0.15, 0.2) is 5.69 Å². The first-order valence-corrected chi connectivity index (χ1v) is 5.24. The number of aromatic carboxylic acids is 1. The zero-order valence-corrected chi connectivity index (χ0v) is 9.62. The van der Waals surface area contributed by atoms with Crippen molar-refractivity contribution < 1.29 is 14.7 Å². The van der Waals surface area contributed by atoms with Crippen LogP contribution in [0.1, 0.15) is 17.4 Å². The van der Waals surface area contributed by atoms with Gasteiger partial charge in [-0.25, -0.2) is 9.48 Å². The number of hydrogen-bond donors (Lipinski definition) is 2. The molecule has 1 amide bonds. The molecule has 0 radical (unpaired) electrons. The van der Waals surface area contributed by atoms with Crippen LogP contribution in [0.5, 0.6) is 0 Å². The predicted molar refractivity (Wildman–Crippen MR) is 64.8 cm³/mol. The van der Waals surface area contributed by atoms with E-state index in [0.717, 1.165) is 0 Å². The summed E-state index contributed by atoms with van der Waals surface area (Å²) in [7, 11) is 0. The number of para-hydroxylation sites is 2. The number of carbonyl (C=O) groups excluding carboxylic acids is 1. The standard InChI is InChI=1S/C12H11N3O3/c1-8(16)13-9-4-2-3-5-11(9)15-7-6-10(14-15)12(17)18/h2-7H,1H3,(H,13,16)(H,17,18). The molecule has 0 saturated carbocycles. The van der Waals surface area contributed by atoms with Crippen molar-refractivity contribution in [3.63, 3.8) is 0 Å². The Morgan fingerprint density at radius 3 is 2.61 bits per heavy atom. The Morgan fingerprint density at radius 2 is 2.00 bits per heavy atom. The van der Waals surface area contributed by atoms with Crippen LogP contribution in [0.15, 0.2) is 36.5 Å². The van der Waals surface area contributed by atoms with Gasteiger partial charge in [-0.1, -0.05) is 12.1 Å². The topological polar surface area (TPSA) is 84.2 Å². The third-order valence-electron chi connectivity index (χ3n) is 2.27. The van der Waals surface area contributed by atoms with Gasteiger partial charge >= 0.3 is 5.97 Å². The summed E-state index contributed by atoms with van der Waals surface area (Å²) in [5.41, 5.74) is 1.14. The smallest absolute Gasteiger partial charge is 0.356 e. The first-order valence-electron chi connectivity index (χ1n) is 5.24. The molecule has 0 unspecified atom stereocenters. The number of carboxylic acids is 1. The molecule has 0 fully saturated rings. The fourth-order valence-electron chi connectivity index (χ4n) is 1.54. The summed E-state index contributed by atoms with van der Waals surface area (Å²) in [6.07, 6.45) is 1.53. The molecular formula is C12H11N3O3. The van der Waals surface area contributed by atoms with Crippen molar-refractivity contribution in [3.05, 3.63) is 42.2 Å². The second kappa shape index (κ2) is 4.70. The lowest BCUT2D eigenvalue weighted by atomic mass is 10.2.